The number of halogens is 3. The highest BCUT2D eigenvalue weighted by atomic mass is 32.1. The molecule has 0 nitrogen and oxygen atoms in total. The summed E-state index contributed by atoms with van der Waals surface area (Å²) < 4.78 is 36.1. The lowest BCUT2D eigenvalue weighted by Gasteiger charge is -2.13. The van der Waals surface area contributed by atoms with Crippen LogP contribution < -0.4 is 0 Å². The molecule has 0 fully saturated rings. The van der Waals surface area contributed by atoms with E-state index in [0.717, 1.165) is 6.42 Å². The van der Waals surface area contributed by atoms with Crippen LogP contribution in [0.4, 0.5) is 13.2 Å². The molecule has 1 atom stereocenters. The summed E-state index contributed by atoms with van der Waals surface area (Å²) in [5.41, 5.74) is 0. The van der Waals surface area contributed by atoms with E-state index < -0.39 is 11.4 Å². The molecule has 0 aromatic heterocycles. The molecule has 0 amide bonds. The molecule has 0 aromatic carbocycles. The third-order valence-corrected chi connectivity index (χ3v) is 1.47. The maximum absolute atomic E-state index is 12.3. The molecule has 0 heterocycles. The van der Waals surface area contributed by atoms with Crippen molar-refractivity contribution < 1.29 is 13.2 Å². The smallest absolute Gasteiger partial charge is 0.240 e. The normalized spacial score (nSPS) is 15.3. The summed E-state index contributed by atoms with van der Waals surface area (Å²) in [7, 11) is 0. The minimum Gasteiger partial charge on any atom is -0.240 e. The Balaban J connectivity index is 3.52. The van der Waals surface area contributed by atoms with Crippen LogP contribution in [0.1, 0.15) is 26.2 Å². The summed E-state index contributed by atoms with van der Waals surface area (Å²) in [5.74, 6) is 0. The Bertz CT molecular complexity index is 89.5. The van der Waals surface area contributed by atoms with Gasteiger partial charge >= 0.3 is 5.25 Å². The van der Waals surface area contributed by atoms with Gasteiger partial charge in [0.25, 0.3) is 0 Å². The number of thiol groups is 1. The van der Waals surface area contributed by atoms with Crippen LogP contribution in [0, 0.1) is 0 Å². The van der Waals surface area contributed by atoms with Crippen molar-refractivity contribution in [3.8, 4) is 0 Å². The molecule has 0 saturated heterocycles. The number of hydrogen-bond donors (Lipinski definition) is 1. The van der Waals surface area contributed by atoms with E-state index >= 15 is 0 Å². The van der Waals surface area contributed by atoms with Crippen LogP contribution in [0.2, 0.25) is 0 Å². The van der Waals surface area contributed by atoms with Gasteiger partial charge in [0.15, 0.2) is 6.17 Å². The van der Waals surface area contributed by atoms with Gasteiger partial charge in [0, 0.05) is 0 Å². The van der Waals surface area contributed by atoms with Crippen LogP contribution in [0.15, 0.2) is 0 Å². The van der Waals surface area contributed by atoms with E-state index in [9.17, 15) is 13.2 Å². The first-order chi connectivity index (χ1) is 4.48. The van der Waals surface area contributed by atoms with Crippen molar-refractivity contribution in [1.29, 1.82) is 0 Å². The minimum absolute atomic E-state index is 0.104. The molecule has 0 bridgehead atoms. The fourth-order valence-electron chi connectivity index (χ4n) is 0.557. The van der Waals surface area contributed by atoms with Crippen LogP contribution >= 0.6 is 12.6 Å². The molecule has 4 heteroatoms. The minimum atomic E-state index is -3.46. The van der Waals surface area contributed by atoms with E-state index in [2.05, 4.69) is 12.6 Å². The molecule has 0 saturated carbocycles. The Kier molecular flexibility index (Phi) is 4.17. The molecule has 0 rings (SSSR count). The standard InChI is InChI=1S/C6H11F3S/c1-2-3-4-5(7)6(8,9)10/h5,10H,2-4H2,1H3. The van der Waals surface area contributed by atoms with Crippen LogP contribution in [0.3, 0.4) is 0 Å². The van der Waals surface area contributed by atoms with Gasteiger partial charge in [0.2, 0.25) is 0 Å². The Morgan fingerprint density at radius 2 is 2.00 bits per heavy atom. The van der Waals surface area contributed by atoms with E-state index in [0.29, 0.717) is 6.42 Å². The maximum atomic E-state index is 12.3. The zero-order chi connectivity index (χ0) is 8.20. The van der Waals surface area contributed by atoms with Gasteiger partial charge in [-0.1, -0.05) is 19.8 Å². The molecule has 1 unspecified atom stereocenters. The molecule has 0 aliphatic carbocycles. The van der Waals surface area contributed by atoms with Crippen molar-refractivity contribution in [3.63, 3.8) is 0 Å². The third kappa shape index (κ3) is 4.04. The van der Waals surface area contributed by atoms with Gasteiger partial charge in [-0.3, -0.25) is 0 Å². The predicted molar refractivity (Wildman–Crippen MR) is 38.4 cm³/mol. The molecule has 0 aliphatic heterocycles. The van der Waals surface area contributed by atoms with Gasteiger partial charge < -0.3 is 0 Å². The molecule has 10 heavy (non-hydrogen) atoms. The molecule has 0 spiro atoms. The Labute approximate surface area is 64.2 Å². The Morgan fingerprint density at radius 3 is 2.30 bits per heavy atom. The van der Waals surface area contributed by atoms with Crippen molar-refractivity contribution in [2.75, 3.05) is 0 Å². The third-order valence-electron chi connectivity index (χ3n) is 1.19. The van der Waals surface area contributed by atoms with E-state index in [1.54, 1.807) is 0 Å². The largest absolute Gasteiger partial charge is 0.321 e. The quantitative estimate of drug-likeness (QED) is 0.619. The average Bonchev–Trinajstić information content (AvgIpc) is 1.80. The zero-order valence-electron chi connectivity index (χ0n) is 5.78. The molecule has 0 N–H and O–H groups in total. The van der Waals surface area contributed by atoms with E-state index in [4.69, 9.17) is 0 Å². The Hall–Kier alpha value is 0.140. The van der Waals surface area contributed by atoms with Crippen molar-refractivity contribution in [3.05, 3.63) is 0 Å². The first-order valence-corrected chi connectivity index (χ1v) is 3.67. The van der Waals surface area contributed by atoms with Gasteiger partial charge in [-0.25, -0.2) is 4.39 Å². The lowest BCUT2D eigenvalue weighted by Crippen LogP contribution is -2.22. The summed E-state index contributed by atoms with van der Waals surface area (Å²) >= 11 is 2.81. The second-order valence-electron chi connectivity index (χ2n) is 2.20. The molecule has 0 aromatic rings. The van der Waals surface area contributed by atoms with E-state index in [-0.39, 0.29) is 6.42 Å². The average molecular weight is 172 g/mol. The van der Waals surface area contributed by atoms with E-state index in [1.807, 2.05) is 6.92 Å². The Morgan fingerprint density at radius 1 is 1.50 bits per heavy atom. The van der Waals surface area contributed by atoms with Crippen molar-refractivity contribution in [1.82, 2.24) is 0 Å². The highest BCUT2D eigenvalue weighted by Crippen LogP contribution is 2.28. The molecule has 0 aliphatic rings. The van der Waals surface area contributed by atoms with Crippen LogP contribution in [-0.2, 0) is 0 Å². The maximum Gasteiger partial charge on any atom is 0.321 e. The van der Waals surface area contributed by atoms with Crippen LogP contribution in [0.25, 0.3) is 0 Å². The topological polar surface area (TPSA) is 0 Å². The summed E-state index contributed by atoms with van der Waals surface area (Å²) in [6.45, 7) is 1.82. The summed E-state index contributed by atoms with van der Waals surface area (Å²) in [4.78, 5) is 0. The van der Waals surface area contributed by atoms with Crippen molar-refractivity contribution >= 4 is 12.6 Å². The molecule has 0 radical (unpaired) electrons. The predicted octanol–water partition coefficient (Wildman–Crippen LogP) is 3.04. The monoisotopic (exact) mass is 172 g/mol. The van der Waals surface area contributed by atoms with Gasteiger partial charge in [-0.2, -0.15) is 8.78 Å². The van der Waals surface area contributed by atoms with Crippen molar-refractivity contribution in [2.45, 2.75) is 37.6 Å². The van der Waals surface area contributed by atoms with Gasteiger partial charge in [-0.05, 0) is 6.42 Å². The zero-order valence-corrected chi connectivity index (χ0v) is 6.67. The van der Waals surface area contributed by atoms with Crippen LogP contribution in [0.5, 0.6) is 0 Å². The fraction of sp³-hybridized carbons (Fsp3) is 1.00. The first kappa shape index (κ1) is 10.1. The van der Waals surface area contributed by atoms with Crippen molar-refractivity contribution in [2.24, 2.45) is 0 Å². The number of rotatable bonds is 4. The van der Waals surface area contributed by atoms with Crippen LogP contribution in [-0.4, -0.2) is 11.4 Å². The summed E-state index contributed by atoms with van der Waals surface area (Å²) in [6, 6.07) is 0. The van der Waals surface area contributed by atoms with Gasteiger partial charge in [-0.15, -0.1) is 12.6 Å². The number of alkyl halides is 3. The second-order valence-corrected chi connectivity index (χ2v) is 2.79. The summed E-state index contributed by atoms with van der Waals surface area (Å²) in [6.07, 6.45) is -0.995. The number of hydrogen-bond acceptors (Lipinski definition) is 1. The molecular weight excluding hydrogens is 161 g/mol. The first-order valence-electron chi connectivity index (χ1n) is 3.22. The van der Waals surface area contributed by atoms with Gasteiger partial charge in [0.1, 0.15) is 0 Å². The van der Waals surface area contributed by atoms with Gasteiger partial charge in [0.05, 0.1) is 0 Å². The lowest BCUT2D eigenvalue weighted by atomic mass is 10.2. The number of unbranched alkanes of at least 4 members (excludes halogenated alkanes) is 1. The lowest BCUT2D eigenvalue weighted by molar-refractivity contribution is 0.0120. The molecular formula is C6H11F3S. The highest BCUT2D eigenvalue weighted by molar-refractivity contribution is 7.81. The molecule has 62 valence electrons. The summed E-state index contributed by atoms with van der Waals surface area (Å²) in [5, 5.41) is -3.46. The second kappa shape index (κ2) is 4.11. The van der Waals surface area contributed by atoms with E-state index in [1.165, 1.54) is 0 Å². The fourth-order valence-corrected chi connectivity index (χ4v) is 0.686. The highest BCUT2D eigenvalue weighted by Gasteiger charge is 2.34. The SMILES string of the molecule is CCCCC(F)C(F)(F)S.